The maximum absolute atomic E-state index is 11.0. The zero-order valence-corrected chi connectivity index (χ0v) is 13.6. The summed E-state index contributed by atoms with van der Waals surface area (Å²) in [6, 6.07) is 0.539. The van der Waals surface area contributed by atoms with E-state index >= 15 is 0 Å². The Kier molecular flexibility index (Phi) is 4.19. The lowest BCUT2D eigenvalue weighted by atomic mass is 10.1. The van der Waals surface area contributed by atoms with Crippen LogP contribution in [-0.2, 0) is 17.8 Å². The minimum atomic E-state index is -1.12. The van der Waals surface area contributed by atoms with Crippen molar-refractivity contribution < 1.29 is 14.7 Å². The normalized spacial score (nSPS) is 18.7. The molecule has 6 nitrogen and oxygen atoms in total. The third-order valence-corrected chi connectivity index (χ3v) is 5.16. The van der Waals surface area contributed by atoms with E-state index in [1.54, 1.807) is 4.73 Å². The zero-order chi connectivity index (χ0) is 14.9. The first-order valence-corrected chi connectivity index (χ1v) is 10.7. The van der Waals surface area contributed by atoms with Gasteiger partial charge in [0, 0.05) is 21.0 Å². The number of carboxylic acids is 1. The van der Waals surface area contributed by atoms with Gasteiger partial charge < -0.3 is 9.94 Å². The van der Waals surface area contributed by atoms with Gasteiger partial charge in [-0.2, -0.15) is 4.73 Å². The summed E-state index contributed by atoms with van der Waals surface area (Å²) in [4.78, 5) is 21.3. The molecule has 0 bridgehead atoms. The van der Waals surface area contributed by atoms with Crippen molar-refractivity contribution in [3.05, 3.63) is 17.2 Å². The molecule has 0 fully saturated rings. The second-order valence-electron chi connectivity index (χ2n) is 6.47. The second kappa shape index (κ2) is 5.57. The first-order valence-electron chi connectivity index (χ1n) is 6.94. The Morgan fingerprint density at radius 2 is 2.25 bits per heavy atom. The number of nitrogens with zero attached hydrogens (tertiary/aromatic N) is 2. The minimum Gasteiger partial charge on any atom is -0.480 e. The summed E-state index contributed by atoms with van der Waals surface area (Å²) in [6.07, 6.45) is 0.413. The van der Waals surface area contributed by atoms with E-state index in [9.17, 15) is 4.79 Å². The molecular formula is C13H23N3O3Si. The number of imidazole rings is 1. The number of aromatic nitrogens is 2. The van der Waals surface area contributed by atoms with Gasteiger partial charge in [0.05, 0.1) is 11.4 Å². The maximum atomic E-state index is 11.0. The third kappa shape index (κ3) is 3.40. The SMILES string of the molecule is Cc1nc2c(n1OCC[Si](C)(C)C)CNC(C(=O)O)C2. The van der Waals surface area contributed by atoms with E-state index < -0.39 is 20.1 Å². The quantitative estimate of drug-likeness (QED) is 0.795. The molecule has 20 heavy (non-hydrogen) atoms. The predicted octanol–water partition coefficient (Wildman–Crippen LogP) is 1.06. The Morgan fingerprint density at radius 1 is 1.55 bits per heavy atom. The van der Waals surface area contributed by atoms with Crippen LogP contribution in [0.15, 0.2) is 0 Å². The first-order chi connectivity index (χ1) is 9.28. The number of hydrogen-bond donors (Lipinski definition) is 2. The molecule has 2 N–H and O–H groups in total. The molecule has 0 amide bonds. The van der Waals surface area contributed by atoms with E-state index in [-0.39, 0.29) is 0 Å². The molecule has 0 saturated heterocycles. The molecule has 1 atom stereocenters. The summed E-state index contributed by atoms with van der Waals surface area (Å²) in [5.74, 6) is -0.0408. The van der Waals surface area contributed by atoms with E-state index in [1.807, 2.05) is 6.92 Å². The standard InChI is InChI=1S/C13H23N3O3Si/c1-9-15-10-7-11(13(17)18)14-8-12(10)16(9)19-5-6-20(2,3)4/h11,14H,5-8H2,1-4H3,(H,17,18). The summed E-state index contributed by atoms with van der Waals surface area (Å²) < 4.78 is 1.76. The number of nitrogens with one attached hydrogen (secondary N) is 1. The molecule has 0 aromatic carbocycles. The van der Waals surface area contributed by atoms with E-state index in [0.29, 0.717) is 19.6 Å². The van der Waals surface area contributed by atoms with E-state index in [4.69, 9.17) is 9.94 Å². The molecule has 1 aliphatic heterocycles. The minimum absolute atomic E-state index is 0.413. The van der Waals surface area contributed by atoms with E-state index in [1.165, 1.54) is 0 Å². The van der Waals surface area contributed by atoms with Gasteiger partial charge >= 0.3 is 5.97 Å². The molecule has 112 valence electrons. The van der Waals surface area contributed by atoms with Gasteiger partial charge in [0.15, 0.2) is 0 Å². The van der Waals surface area contributed by atoms with Gasteiger partial charge in [-0.15, -0.1) is 0 Å². The highest BCUT2D eigenvalue weighted by Crippen LogP contribution is 2.18. The highest BCUT2D eigenvalue weighted by Gasteiger charge is 2.28. The van der Waals surface area contributed by atoms with Gasteiger partial charge in [-0.3, -0.25) is 10.1 Å². The summed E-state index contributed by atoms with van der Waals surface area (Å²) in [5, 5.41) is 12.1. The Labute approximate surface area is 120 Å². The Morgan fingerprint density at radius 3 is 2.85 bits per heavy atom. The second-order valence-corrected chi connectivity index (χ2v) is 12.1. The molecule has 0 aliphatic carbocycles. The number of hydrogen-bond acceptors (Lipinski definition) is 4. The first kappa shape index (κ1) is 15.1. The molecular weight excluding hydrogens is 274 g/mol. The number of fused-ring (bicyclic) bond motifs is 1. The lowest BCUT2D eigenvalue weighted by Crippen LogP contribution is -2.42. The van der Waals surface area contributed by atoms with Crippen molar-refractivity contribution in [3.8, 4) is 0 Å². The van der Waals surface area contributed by atoms with Gasteiger partial charge in [-0.25, -0.2) is 4.98 Å². The van der Waals surface area contributed by atoms with Crippen LogP contribution in [-0.4, -0.2) is 41.5 Å². The van der Waals surface area contributed by atoms with Gasteiger partial charge in [0.25, 0.3) is 0 Å². The topological polar surface area (TPSA) is 76.4 Å². The highest BCUT2D eigenvalue weighted by atomic mass is 28.3. The summed E-state index contributed by atoms with van der Waals surface area (Å²) in [7, 11) is -1.12. The molecule has 7 heteroatoms. The van der Waals surface area contributed by atoms with Gasteiger partial charge in [0.2, 0.25) is 0 Å². The summed E-state index contributed by atoms with van der Waals surface area (Å²) in [6.45, 7) is 9.99. The largest absolute Gasteiger partial charge is 0.480 e. The Balaban J connectivity index is 2.07. The van der Waals surface area contributed by atoms with Crippen LogP contribution < -0.4 is 10.2 Å². The molecule has 0 saturated carbocycles. The van der Waals surface area contributed by atoms with Gasteiger partial charge in [-0.05, 0) is 13.0 Å². The monoisotopic (exact) mass is 297 g/mol. The van der Waals surface area contributed by atoms with Crippen molar-refractivity contribution in [2.45, 2.75) is 51.6 Å². The van der Waals surface area contributed by atoms with Gasteiger partial charge in [0.1, 0.15) is 18.5 Å². The number of rotatable bonds is 5. The van der Waals surface area contributed by atoms with Crippen LogP contribution in [0.1, 0.15) is 17.2 Å². The van der Waals surface area contributed by atoms with Crippen LogP contribution >= 0.6 is 0 Å². The van der Waals surface area contributed by atoms with Crippen LogP contribution in [0.5, 0.6) is 0 Å². The molecule has 1 unspecified atom stereocenters. The third-order valence-electron chi connectivity index (χ3n) is 3.45. The van der Waals surface area contributed by atoms with Gasteiger partial charge in [-0.1, -0.05) is 19.6 Å². The lowest BCUT2D eigenvalue weighted by Gasteiger charge is -2.22. The molecule has 1 aromatic heterocycles. The van der Waals surface area contributed by atoms with Crippen LogP contribution in [0.25, 0.3) is 0 Å². The fourth-order valence-electron chi connectivity index (χ4n) is 2.23. The molecule has 0 radical (unpaired) electrons. The van der Waals surface area contributed by atoms with Crippen molar-refractivity contribution in [2.75, 3.05) is 6.61 Å². The highest BCUT2D eigenvalue weighted by molar-refractivity contribution is 6.76. The summed E-state index contributed by atoms with van der Waals surface area (Å²) in [5.41, 5.74) is 1.79. The number of carbonyl (C=O) groups is 1. The average molecular weight is 297 g/mol. The molecule has 0 spiro atoms. The van der Waals surface area contributed by atoms with Crippen molar-refractivity contribution in [1.82, 2.24) is 15.0 Å². The van der Waals surface area contributed by atoms with Crippen LogP contribution in [0.3, 0.4) is 0 Å². The van der Waals surface area contributed by atoms with Crippen LogP contribution in [0.2, 0.25) is 25.7 Å². The van der Waals surface area contributed by atoms with Crippen molar-refractivity contribution in [2.24, 2.45) is 0 Å². The Bertz CT molecular complexity index is 508. The van der Waals surface area contributed by atoms with Crippen molar-refractivity contribution in [3.63, 3.8) is 0 Å². The van der Waals surface area contributed by atoms with E-state index in [0.717, 1.165) is 23.3 Å². The molecule has 1 aliphatic rings. The number of aliphatic carboxylic acids is 1. The smallest absolute Gasteiger partial charge is 0.321 e. The van der Waals surface area contributed by atoms with Crippen molar-refractivity contribution >= 4 is 14.0 Å². The lowest BCUT2D eigenvalue weighted by molar-refractivity contribution is -0.139. The van der Waals surface area contributed by atoms with E-state index in [2.05, 4.69) is 29.9 Å². The van der Waals surface area contributed by atoms with Crippen LogP contribution in [0, 0.1) is 6.92 Å². The molecule has 2 heterocycles. The fraction of sp³-hybridized carbons (Fsp3) is 0.692. The van der Waals surface area contributed by atoms with Crippen LogP contribution in [0.4, 0.5) is 0 Å². The average Bonchev–Trinajstić information content (AvgIpc) is 2.63. The number of carboxylic acid groups (broad SMARTS) is 1. The van der Waals surface area contributed by atoms with Crippen molar-refractivity contribution in [1.29, 1.82) is 0 Å². The number of aryl methyl sites for hydroxylation is 1. The Hall–Kier alpha value is -1.34. The molecule has 1 aromatic rings. The molecule has 2 rings (SSSR count). The summed E-state index contributed by atoms with van der Waals surface area (Å²) >= 11 is 0. The predicted molar refractivity (Wildman–Crippen MR) is 78.5 cm³/mol. The maximum Gasteiger partial charge on any atom is 0.321 e. The zero-order valence-electron chi connectivity index (χ0n) is 12.6. The fourth-order valence-corrected chi connectivity index (χ4v) is 2.93.